The van der Waals surface area contributed by atoms with Gasteiger partial charge in [-0.25, -0.2) is 4.98 Å². The van der Waals surface area contributed by atoms with Crippen LogP contribution < -0.4 is 10.6 Å². The molecule has 0 spiro atoms. The molecule has 3 heteroatoms. The number of pyridine rings is 1. The summed E-state index contributed by atoms with van der Waals surface area (Å²) >= 11 is 0. The molecule has 78 valence electrons. The van der Waals surface area contributed by atoms with E-state index in [2.05, 4.69) is 41.6 Å². The molecule has 1 aromatic heterocycles. The second-order valence-electron chi connectivity index (χ2n) is 3.66. The molecule has 0 saturated carbocycles. The molecule has 0 atom stereocenters. The van der Waals surface area contributed by atoms with Crippen molar-refractivity contribution in [1.29, 1.82) is 0 Å². The Morgan fingerprint density at radius 3 is 2.79 bits per heavy atom. The average Bonchev–Trinajstić information content (AvgIpc) is 2.19. The fourth-order valence-electron chi connectivity index (χ4n) is 1.22. The van der Waals surface area contributed by atoms with E-state index in [0.29, 0.717) is 5.92 Å². The molecule has 0 amide bonds. The third-order valence-electron chi connectivity index (χ3n) is 2.13. The number of hydrogen-bond donors (Lipinski definition) is 2. The molecule has 0 aromatic carbocycles. The van der Waals surface area contributed by atoms with E-state index in [1.165, 1.54) is 5.56 Å². The third kappa shape index (κ3) is 3.34. The van der Waals surface area contributed by atoms with E-state index in [0.717, 1.165) is 18.9 Å². The first-order valence-corrected chi connectivity index (χ1v) is 5.08. The summed E-state index contributed by atoms with van der Waals surface area (Å²) in [4.78, 5) is 4.25. The fourth-order valence-corrected chi connectivity index (χ4v) is 1.22. The lowest BCUT2D eigenvalue weighted by Crippen LogP contribution is -2.18. The molecule has 0 bridgehead atoms. The van der Waals surface area contributed by atoms with Crippen LogP contribution in [0, 0.1) is 0 Å². The van der Waals surface area contributed by atoms with Crippen LogP contribution in [0.2, 0.25) is 0 Å². The Bertz CT molecular complexity index is 271. The van der Waals surface area contributed by atoms with Crippen molar-refractivity contribution in [1.82, 2.24) is 10.3 Å². The minimum atomic E-state index is 0.558. The van der Waals surface area contributed by atoms with E-state index < -0.39 is 0 Å². The van der Waals surface area contributed by atoms with Crippen molar-refractivity contribution in [2.24, 2.45) is 0 Å². The predicted octanol–water partition coefficient (Wildman–Crippen LogP) is 1.84. The highest BCUT2D eigenvalue weighted by molar-refractivity contribution is 5.38. The van der Waals surface area contributed by atoms with Gasteiger partial charge in [-0.2, -0.15) is 0 Å². The van der Waals surface area contributed by atoms with Crippen LogP contribution in [-0.2, 0) is 0 Å². The number of aromatic nitrogens is 1. The first-order chi connectivity index (χ1) is 6.74. The summed E-state index contributed by atoms with van der Waals surface area (Å²) in [6.45, 7) is 6.23. The van der Waals surface area contributed by atoms with Crippen molar-refractivity contribution in [3.63, 3.8) is 0 Å². The maximum absolute atomic E-state index is 4.25. The summed E-state index contributed by atoms with van der Waals surface area (Å²) in [6, 6.07) is 4.17. The Hall–Kier alpha value is -1.09. The molecule has 0 aliphatic rings. The quantitative estimate of drug-likeness (QED) is 0.701. The number of hydrogen-bond acceptors (Lipinski definition) is 3. The van der Waals surface area contributed by atoms with Crippen molar-refractivity contribution in [2.75, 3.05) is 25.5 Å². The molecule has 14 heavy (non-hydrogen) atoms. The van der Waals surface area contributed by atoms with Crippen LogP contribution in [0.15, 0.2) is 18.3 Å². The Balaban J connectivity index is 2.55. The Morgan fingerprint density at radius 1 is 1.36 bits per heavy atom. The van der Waals surface area contributed by atoms with E-state index in [9.17, 15) is 0 Å². The molecule has 1 aromatic rings. The zero-order valence-electron chi connectivity index (χ0n) is 9.17. The average molecular weight is 193 g/mol. The molecule has 0 aliphatic heterocycles. The van der Waals surface area contributed by atoms with Gasteiger partial charge < -0.3 is 10.6 Å². The predicted molar refractivity (Wildman–Crippen MR) is 60.7 cm³/mol. The highest BCUT2D eigenvalue weighted by Gasteiger charge is 2.00. The lowest BCUT2D eigenvalue weighted by molar-refractivity contribution is 0.819. The molecule has 1 heterocycles. The lowest BCUT2D eigenvalue weighted by atomic mass is 10.1. The molecular weight excluding hydrogens is 174 g/mol. The second kappa shape index (κ2) is 5.60. The molecule has 0 radical (unpaired) electrons. The molecule has 0 fully saturated rings. The number of likely N-dealkylation sites (N-methyl/N-ethyl adjacent to an activating group) is 1. The Kier molecular flexibility index (Phi) is 4.40. The van der Waals surface area contributed by atoms with Gasteiger partial charge in [-0.05, 0) is 30.7 Å². The van der Waals surface area contributed by atoms with Crippen LogP contribution in [0.25, 0.3) is 0 Å². The largest absolute Gasteiger partial charge is 0.369 e. The SMILES string of the molecule is CNCCNc1cc(C(C)C)ccn1. The molecular formula is C11H19N3. The van der Waals surface area contributed by atoms with Gasteiger partial charge in [0.1, 0.15) is 5.82 Å². The summed E-state index contributed by atoms with van der Waals surface area (Å²) < 4.78 is 0. The summed E-state index contributed by atoms with van der Waals surface area (Å²) in [5, 5.41) is 6.35. The molecule has 0 unspecified atom stereocenters. The van der Waals surface area contributed by atoms with E-state index in [1.54, 1.807) is 0 Å². The molecule has 3 nitrogen and oxygen atoms in total. The minimum Gasteiger partial charge on any atom is -0.369 e. The number of nitrogens with zero attached hydrogens (tertiary/aromatic N) is 1. The van der Waals surface area contributed by atoms with E-state index in [1.807, 2.05) is 13.2 Å². The summed E-state index contributed by atoms with van der Waals surface area (Å²) in [6.07, 6.45) is 1.86. The number of nitrogens with one attached hydrogen (secondary N) is 2. The highest BCUT2D eigenvalue weighted by Crippen LogP contribution is 2.15. The lowest BCUT2D eigenvalue weighted by Gasteiger charge is -2.08. The van der Waals surface area contributed by atoms with Gasteiger partial charge in [0, 0.05) is 19.3 Å². The monoisotopic (exact) mass is 193 g/mol. The zero-order chi connectivity index (χ0) is 10.4. The molecule has 0 aliphatic carbocycles. The van der Waals surface area contributed by atoms with Crippen molar-refractivity contribution < 1.29 is 0 Å². The standard InChI is InChI=1S/C11H19N3/c1-9(2)10-4-5-13-11(8-10)14-7-6-12-3/h4-5,8-9,12H,6-7H2,1-3H3,(H,13,14). The van der Waals surface area contributed by atoms with Crippen molar-refractivity contribution in [3.8, 4) is 0 Å². The van der Waals surface area contributed by atoms with E-state index in [-0.39, 0.29) is 0 Å². The van der Waals surface area contributed by atoms with Crippen LogP contribution in [0.5, 0.6) is 0 Å². The topological polar surface area (TPSA) is 37.0 Å². The fraction of sp³-hybridized carbons (Fsp3) is 0.545. The second-order valence-corrected chi connectivity index (χ2v) is 3.66. The van der Waals surface area contributed by atoms with Gasteiger partial charge in [0.2, 0.25) is 0 Å². The number of rotatable bonds is 5. The zero-order valence-corrected chi connectivity index (χ0v) is 9.17. The van der Waals surface area contributed by atoms with Gasteiger partial charge in [-0.3, -0.25) is 0 Å². The Morgan fingerprint density at radius 2 is 2.14 bits per heavy atom. The van der Waals surface area contributed by atoms with Crippen LogP contribution in [0.4, 0.5) is 5.82 Å². The van der Waals surface area contributed by atoms with Gasteiger partial charge in [-0.15, -0.1) is 0 Å². The maximum Gasteiger partial charge on any atom is 0.126 e. The summed E-state index contributed by atoms with van der Waals surface area (Å²) in [7, 11) is 1.94. The maximum atomic E-state index is 4.25. The van der Waals surface area contributed by atoms with Gasteiger partial charge in [-0.1, -0.05) is 13.8 Å². The van der Waals surface area contributed by atoms with E-state index in [4.69, 9.17) is 0 Å². The first kappa shape index (κ1) is 11.0. The molecule has 2 N–H and O–H groups in total. The molecule has 0 saturated heterocycles. The minimum absolute atomic E-state index is 0.558. The van der Waals surface area contributed by atoms with Crippen LogP contribution >= 0.6 is 0 Å². The summed E-state index contributed by atoms with van der Waals surface area (Å²) in [5.41, 5.74) is 1.33. The van der Waals surface area contributed by atoms with E-state index >= 15 is 0 Å². The van der Waals surface area contributed by atoms with Crippen LogP contribution in [0.1, 0.15) is 25.3 Å². The van der Waals surface area contributed by atoms with Gasteiger partial charge in [0.05, 0.1) is 0 Å². The van der Waals surface area contributed by atoms with Crippen LogP contribution in [0.3, 0.4) is 0 Å². The number of anilines is 1. The van der Waals surface area contributed by atoms with Crippen molar-refractivity contribution in [2.45, 2.75) is 19.8 Å². The Labute approximate surface area is 85.9 Å². The van der Waals surface area contributed by atoms with Crippen molar-refractivity contribution in [3.05, 3.63) is 23.9 Å². The highest BCUT2D eigenvalue weighted by atomic mass is 15.0. The van der Waals surface area contributed by atoms with Crippen LogP contribution in [-0.4, -0.2) is 25.1 Å². The van der Waals surface area contributed by atoms with Gasteiger partial charge in [0.15, 0.2) is 0 Å². The normalized spacial score (nSPS) is 10.6. The van der Waals surface area contributed by atoms with Crippen molar-refractivity contribution >= 4 is 5.82 Å². The first-order valence-electron chi connectivity index (χ1n) is 5.08. The molecule has 1 rings (SSSR count). The van der Waals surface area contributed by atoms with Gasteiger partial charge >= 0.3 is 0 Å². The smallest absolute Gasteiger partial charge is 0.126 e. The van der Waals surface area contributed by atoms with Gasteiger partial charge in [0.25, 0.3) is 0 Å². The third-order valence-corrected chi connectivity index (χ3v) is 2.13. The summed E-state index contributed by atoms with van der Waals surface area (Å²) in [5.74, 6) is 1.52.